The fraction of sp³-hybridized carbons (Fsp3) is 0.261. The predicted octanol–water partition coefficient (Wildman–Crippen LogP) is 3.25. The van der Waals surface area contributed by atoms with Crippen LogP contribution in [0, 0.1) is 0 Å². The van der Waals surface area contributed by atoms with Crippen molar-refractivity contribution in [1.29, 1.82) is 0 Å². The van der Waals surface area contributed by atoms with Crippen LogP contribution in [0.2, 0.25) is 0 Å². The van der Waals surface area contributed by atoms with E-state index in [2.05, 4.69) is 26.7 Å². The molecule has 3 aromatic rings. The van der Waals surface area contributed by atoms with Crippen molar-refractivity contribution in [3.63, 3.8) is 0 Å². The summed E-state index contributed by atoms with van der Waals surface area (Å²) in [5.74, 6) is 1.58. The molecule has 6 nitrogen and oxygen atoms in total. The highest BCUT2D eigenvalue weighted by Crippen LogP contribution is 2.25. The number of amides is 1. The first kappa shape index (κ1) is 18.9. The number of benzene rings is 1. The summed E-state index contributed by atoms with van der Waals surface area (Å²) >= 11 is 0. The molecule has 1 atom stereocenters. The number of anilines is 1. The van der Waals surface area contributed by atoms with E-state index < -0.39 is 0 Å². The van der Waals surface area contributed by atoms with E-state index >= 15 is 0 Å². The summed E-state index contributed by atoms with van der Waals surface area (Å²) < 4.78 is 5.80. The second kappa shape index (κ2) is 9.19. The van der Waals surface area contributed by atoms with E-state index in [0.29, 0.717) is 18.7 Å². The van der Waals surface area contributed by atoms with Gasteiger partial charge in [-0.25, -0.2) is 4.98 Å². The lowest BCUT2D eigenvalue weighted by atomic mass is 10.0. The van der Waals surface area contributed by atoms with E-state index in [0.717, 1.165) is 36.5 Å². The zero-order valence-corrected chi connectivity index (χ0v) is 16.2. The lowest BCUT2D eigenvalue weighted by Crippen LogP contribution is -2.33. The molecule has 0 bridgehead atoms. The number of hydrogen-bond donors (Lipinski definition) is 2. The SMILES string of the molecule is O=C(NCCCc1ccccn1)c1ccc(NC2COc3ccccc3C2)nc1. The Hall–Kier alpha value is -3.41. The van der Waals surface area contributed by atoms with Crippen molar-refractivity contribution in [3.8, 4) is 5.75 Å². The van der Waals surface area contributed by atoms with E-state index in [9.17, 15) is 4.79 Å². The number of nitrogens with zero attached hydrogens (tertiary/aromatic N) is 2. The van der Waals surface area contributed by atoms with Crippen molar-refractivity contribution in [2.75, 3.05) is 18.5 Å². The molecule has 2 N–H and O–H groups in total. The number of pyridine rings is 2. The molecule has 1 aromatic carbocycles. The van der Waals surface area contributed by atoms with Gasteiger partial charge in [-0.1, -0.05) is 24.3 Å². The number of para-hydroxylation sites is 1. The van der Waals surface area contributed by atoms with Gasteiger partial charge in [0.15, 0.2) is 0 Å². The maximum Gasteiger partial charge on any atom is 0.252 e. The lowest BCUT2D eigenvalue weighted by molar-refractivity contribution is 0.0953. The molecule has 148 valence electrons. The number of carbonyl (C=O) groups is 1. The van der Waals surface area contributed by atoms with Crippen molar-refractivity contribution in [3.05, 3.63) is 83.8 Å². The van der Waals surface area contributed by atoms with Crippen LogP contribution in [-0.2, 0) is 12.8 Å². The van der Waals surface area contributed by atoms with Crippen LogP contribution in [0.3, 0.4) is 0 Å². The molecule has 1 aliphatic rings. The minimum absolute atomic E-state index is 0.111. The van der Waals surface area contributed by atoms with E-state index in [1.54, 1.807) is 18.5 Å². The standard InChI is InChI=1S/C23H24N4O2/c28-23(25-13-5-8-19-7-3-4-12-24-19)18-10-11-22(26-15-18)27-20-14-17-6-1-2-9-21(17)29-16-20/h1-4,6-7,9-12,15,20H,5,8,13-14,16H2,(H,25,28)(H,26,27). The number of carbonyl (C=O) groups excluding carboxylic acids is 1. The third-order valence-corrected chi connectivity index (χ3v) is 4.88. The van der Waals surface area contributed by atoms with Gasteiger partial charge in [-0.2, -0.15) is 0 Å². The molecule has 1 aliphatic heterocycles. The van der Waals surface area contributed by atoms with Crippen LogP contribution >= 0.6 is 0 Å². The third kappa shape index (κ3) is 5.10. The Kier molecular flexibility index (Phi) is 6.00. The Morgan fingerprint density at radius 1 is 1.07 bits per heavy atom. The number of rotatable bonds is 7. The monoisotopic (exact) mass is 388 g/mol. The Morgan fingerprint density at radius 3 is 2.79 bits per heavy atom. The zero-order chi connectivity index (χ0) is 19.9. The third-order valence-electron chi connectivity index (χ3n) is 4.88. The van der Waals surface area contributed by atoms with Gasteiger partial charge < -0.3 is 15.4 Å². The Balaban J connectivity index is 1.24. The molecular formula is C23H24N4O2. The highest BCUT2D eigenvalue weighted by atomic mass is 16.5. The van der Waals surface area contributed by atoms with Gasteiger partial charge in [0.1, 0.15) is 18.2 Å². The predicted molar refractivity (Wildman–Crippen MR) is 112 cm³/mol. The van der Waals surface area contributed by atoms with Crippen LogP contribution in [0.15, 0.2) is 67.0 Å². The largest absolute Gasteiger partial charge is 0.491 e. The van der Waals surface area contributed by atoms with Crippen LogP contribution in [0.1, 0.15) is 28.0 Å². The molecule has 0 aliphatic carbocycles. The Morgan fingerprint density at radius 2 is 1.97 bits per heavy atom. The maximum absolute atomic E-state index is 12.3. The van der Waals surface area contributed by atoms with E-state index in [4.69, 9.17) is 4.74 Å². The molecule has 3 heterocycles. The van der Waals surface area contributed by atoms with Crippen LogP contribution in [-0.4, -0.2) is 35.1 Å². The van der Waals surface area contributed by atoms with Gasteiger partial charge in [-0.05, 0) is 55.2 Å². The van der Waals surface area contributed by atoms with Crippen LogP contribution in [0.4, 0.5) is 5.82 Å². The van der Waals surface area contributed by atoms with E-state index in [1.165, 1.54) is 5.56 Å². The van der Waals surface area contributed by atoms with Gasteiger partial charge in [0.05, 0.1) is 11.6 Å². The number of fused-ring (bicyclic) bond motifs is 1. The molecule has 0 saturated heterocycles. The number of ether oxygens (including phenoxy) is 1. The molecule has 4 rings (SSSR count). The quantitative estimate of drug-likeness (QED) is 0.608. The summed E-state index contributed by atoms with van der Waals surface area (Å²) in [6, 6.07) is 17.7. The minimum Gasteiger partial charge on any atom is -0.491 e. The topological polar surface area (TPSA) is 76.1 Å². The smallest absolute Gasteiger partial charge is 0.252 e. The summed E-state index contributed by atoms with van der Waals surface area (Å²) in [6.45, 7) is 1.20. The number of aryl methyl sites for hydroxylation is 1. The van der Waals surface area contributed by atoms with Gasteiger partial charge in [0.25, 0.3) is 5.91 Å². The lowest BCUT2D eigenvalue weighted by Gasteiger charge is -2.26. The molecule has 1 unspecified atom stereocenters. The van der Waals surface area contributed by atoms with E-state index in [-0.39, 0.29) is 11.9 Å². The van der Waals surface area contributed by atoms with Crippen molar-refractivity contribution < 1.29 is 9.53 Å². The highest BCUT2D eigenvalue weighted by Gasteiger charge is 2.19. The first-order valence-electron chi connectivity index (χ1n) is 9.89. The van der Waals surface area contributed by atoms with Gasteiger partial charge in [0.2, 0.25) is 0 Å². The molecular weight excluding hydrogens is 364 g/mol. The Bertz CT molecular complexity index is 945. The molecule has 2 aromatic heterocycles. The molecule has 6 heteroatoms. The summed E-state index contributed by atoms with van der Waals surface area (Å²) in [5.41, 5.74) is 2.78. The normalized spacial score (nSPS) is 15.1. The first-order chi connectivity index (χ1) is 14.3. The fourth-order valence-corrected chi connectivity index (χ4v) is 3.36. The fourth-order valence-electron chi connectivity index (χ4n) is 3.36. The second-order valence-electron chi connectivity index (χ2n) is 7.08. The molecule has 29 heavy (non-hydrogen) atoms. The summed E-state index contributed by atoms with van der Waals surface area (Å²) in [4.78, 5) is 21.0. The van der Waals surface area contributed by atoms with Crippen LogP contribution < -0.4 is 15.4 Å². The molecule has 0 saturated carbocycles. The maximum atomic E-state index is 12.3. The minimum atomic E-state index is -0.111. The average molecular weight is 388 g/mol. The van der Waals surface area contributed by atoms with E-state index in [1.807, 2.05) is 42.5 Å². The average Bonchev–Trinajstić information content (AvgIpc) is 2.78. The van der Waals surface area contributed by atoms with Gasteiger partial charge in [0, 0.05) is 24.6 Å². The van der Waals surface area contributed by atoms with Crippen molar-refractivity contribution in [1.82, 2.24) is 15.3 Å². The summed E-state index contributed by atoms with van der Waals surface area (Å²) in [7, 11) is 0. The van der Waals surface area contributed by atoms with Gasteiger partial charge in [-0.15, -0.1) is 0 Å². The molecule has 0 radical (unpaired) electrons. The zero-order valence-electron chi connectivity index (χ0n) is 16.2. The van der Waals surface area contributed by atoms with Crippen LogP contribution in [0.25, 0.3) is 0 Å². The molecule has 1 amide bonds. The van der Waals surface area contributed by atoms with Gasteiger partial charge >= 0.3 is 0 Å². The first-order valence-corrected chi connectivity index (χ1v) is 9.89. The summed E-state index contributed by atoms with van der Waals surface area (Å²) in [5, 5.41) is 6.32. The van der Waals surface area contributed by atoms with Crippen molar-refractivity contribution >= 4 is 11.7 Å². The van der Waals surface area contributed by atoms with Crippen molar-refractivity contribution in [2.24, 2.45) is 0 Å². The molecule has 0 fully saturated rings. The number of nitrogens with one attached hydrogen (secondary N) is 2. The van der Waals surface area contributed by atoms with Gasteiger partial charge in [-0.3, -0.25) is 9.78 Å². The van der Waals surface area contributed by atoms with Crippen LogP contribution in [0.5, 0.6) is 5.75 Å². The molecule has 0 spiro atoms. The highest BCUT2D eigenvalue weighted by molar-refractivity contribution is 5.94. The summed E-state index contributed by atoms with van der Waals surface area (Å²) in [6.07, 6.45) is 5.96. The van der Waals surface area contributed by atoms with Crippen molar-refractivity contribution in [2.45, 2.75) is 25.3 Å². The second-order valence-corrected chi connectivity index (χ2v) is 7.08. The Labute approximate surface area is 170 Å². The number of hydrogen-bond acceptors (Lipinski definition) is 5. The number of aromatic nitrogens is 2.